The van der Waals surface area contributed by atoms with E-state index >= 15 is 0 Å². The molecule has 0 unspecified atom stereocenters. The summed E-state index contributed by atoms with van der Waals surface area (Å²) in [5, 5.41) is 9.17. The second-order valence-electron chi connectivity index (χ2n) is 5.69. The van der Waals surface area contributed by atoms with Crippen LogP contribution in [-0.4, -0.2) is 47.1 Å². The van der Waals surface area contributed by atoms with E-state index < -0.39 is 5.97 Å². The van der Waals surface area contributed by atoms with Gasteiger partial charge in [-0.2, -0.15) is 0 Å². The summed E-state index contributed by atoms with van der Waals surface area (Å²) in [5.41, 5.74) is 2.39. The normalized spacial score (nSPS) is 15.8. The molecule has 3 rings (SSSR count). The first-order chi connectivity index (χ1) is 11.2. The van der Waals surface area contributed by atoms with E-state index in [1.165, 1.54) is 27.5 Å². The average molecular weight is 331 g/mol. The average Bonchev–Trinajstić information content (AvgIpc) is 2.99. The number of carbonyl (C=O) groups is 1. The van der Waals surface area contributed by atoms with Crippen LogP contribution in [0.25, 0.3) is 0 Å². The first kappa shape index (κ1) is 16.0. The van der Waals surface area contributed by atoms with Crippen molar-refractivity contribution in [3.8, 4) is 0 Å². The molecule has 3 heterocycles. The number of anilines is 1. The molecule has 0 aliphatic carbocycles. The Bertz CT molecular complexity index is 664. The van der Waals surface area contributed by atoms with Crippen LogP contribution in [0.1, 0.15) is 27.0 Å². The Morgan fingerprint density at radius 2 is 1.96 bits per heavy atom. The topological polar surface area (TPSA) is 56.7 Å². The van der Waals surface area contributed by atoms with Crippen LogP contribution in [0.4, 0.5) is 5.69 Å². The van der Waals surface area contributed by atoms with E-state index in [2.05, 4.69) is 21.7 Å². The fraction of sp³-hybridized carbons (Fsp3) is 0.412. The van der Waals surface area contributed by atoms with Gasteiger partial charge >= 0.3 is 5.97 Å². The quantitative estimate of drug-likeness (QED) is 0.913. The lowest BCUT2D eigenvalue weighted by molar-refractivity contribution is 0.0702. The molecule has 0 bridgehead atoms. The zero-order valence-corrected chi connectivity index (χ0v) is 14.1. The Hall–Kier alpha value is -1.92. The Balaban J connectivity index is 1.62. The molecule has 1 saturated heterocycles. The van der Waals surface area contributed by atoms with Crippen molar-refractivity contribution in [2.75, 3.05) is 31.1 Å². The standard InChI is InChI=1S/C17H21N3O2S/c1-2-13-11-15(17(21)22)23-16(13)12-19-7-9-20(10-8-19)14-3-5-18-6-4-14/h3-6,11H,2,7-10,12H2,1H3,(H,21,22). The molecule has 6 heteroatoms. The zero-order chi connectivity index (χ0) is 16.2. The molecule has 1 N–H and O–H groups in total. The summed E-state index contributed by atoms with van der Waals surface area (Å²) >= 11 is 1.42. The van der Waals surface area contributed by atoms with Crippen molar-refractivity contribution in [3.63, 3.8) is 0 Å². The highest BCUT2D eigenvalue weighted by Gasteiger charge is 2.20. The van der Waals surface area contributed by atoms with Crippen LogP contribution in [0.2, 0.25) is 0 Å². The number of hydrogen-bond donors (Lipinski definition) is 1. The van der Waals surface area contributed by atoms with Crippen molar-refractivity contribution in [2.24, 2.45) is 0 Å². The van der Waals surface area contributed by atoms with Gasteiger partial charge in [-0.15, -0.1) is 11.3 Å². The second kappa shape index (κ2) is 7.10. The number of aromatic nitrogens is 1. The van der Waals surface area contributed by atoms with Gasteiger partial charge in [0.2, 0.25) is 0 Å². The molecule has 0 spiro atoms. The van der Waals surface area contributed by atoms with Gasteiger partial charge in [0.15, 0.2) is 0 Å². The highest BCUT2D eigenvalue weighted by molar-refractivity contribution is 7.14. The fourth-order valence-corrected chi connectivity index (χ4v) is 4.06. The predicted octanol–water partition coefficient (Wildman–Crippen LogP) is 2.73. The lowest BCUT2D eigenvalue weighted by Gasteiger charge is -2.36. The number of rotatable bonds is 5. The molecule has 23 heavy (non-hydrogen) atoms. The third-order valence-electron chi connectivity index (χ3n) is 4.26. The molecule has 0 aromatic carbocycles. The molecule has 0 saturated carbocycles. The van der Waals surface area contributed by atoms with Gasteiger partial charge in [0, 0.05) is 55.7 Å². The maximum atomic E-state index is 11.2. The number of piperazine rings is 1. The van der Waals surface area contributed by atoms with Crippen LogP contribution in [0.15, 0.2) is 30.6 Å². The molecule has 122 valence electrons. The molecule has 1 aliphatic heterocycles. The summed E-state index contributed by atoms with van der Waals surface area (Å²) in [6, 6.07) is 5.92. The minimum Gasteiger partial charge on any atom is -0.477 e. The monoisotopic (exact) mass is 331 g/mol. The molecule has 2 aromatic rings. The number of nitrogens with zero attached hydrogens (tertiary/aromatic N) is 3. The fourth-order valence-electron chi connectivity index (χ4n) is 2.93. The number of carboxylic acids is 1. The minimum atomic E-state index is -0.821. The highest BCUT2D eigenvalue weighted by atomic mass is 32.1. The summed E-state index contributed by atoms with van der Waals surface area (Å²) in [6.45, 7) is 6.90. The van der Waals surface area contributed by atoms with Gasteiger partial charge in [0.05, 0.1) is 0 Å². The number of pyridine rings is 1. The van der Waals surface area contributed by atoms with Gasteiger partial charge in [-0.3, -0.25) is 9.88 Å². The van der Waals surface area contributed by atoms with E-state index in [-0.39, 0.29) is 0 Å². The number of aryl methyl sites for hydroxylation is 1. The Kier molecular flexibility index (Phi) is 4.93. The van der Waals surface area contributed by atoms with E-state index in [0.717, 1.165) is 39.1 Å². The van der Waals surface area contributed by atoms with Crippen molar-refractivity contribution in [3.05, 3.63) is 45.9 Å². The van der Waals surface area contributed by atoms with Crippen molar-refractivity contribution < 1.29 is 9.90 Å². The van der Waals surface area contributed by atoms with Crippen LogP contribution < -0.4 is 4.90 Å². The molecule has 2 aromatic heterocycles. The third kappa shape index (κ3) is 3.71. The van der Waals surface area contributed by atoms with E-state index in [0.29, 0.717) is 4.88 Å². The van der Waals surface area contributed by atoms with Crippen LogP contribution in [0.3, 0.4) is 0 Å². The van der Waals surface area contributed by atoms with Crippen molar-refractivity contribution in [1.29, 1.82) is 0 Å². The first-order valence-corrected chi connectivity index (χ1v) is 8.71. The SMILES string of the molecule is CCc1cc(C(=O)O)sc1CN1CCN(c2ccncc2)CC1. The molecule has 0 amide bonds. The van der Waals surface area contributed by atoms with Crippen molar-refractivity contribution in [2.45, 2.75) is 19.9 Å². The van der Waals surface area contributed by atoms with Crippen LogP contribution in [0.5, 0.6) is 0 Å². The number of carboxylic acid groups (broad SMARTS) is 1. The Morgan fingerprint density at radius 1 is 1.26 bits per heavy atom. The molecule has 1 aliphatic rings. The molecular weight excluding hydrogens is 310 g/mol. The van der Waals surface area contributed by atoms with Gasteiger partial charge in [-0.1, -0.05) is 6.92 Å². The lowest BCUT2D eigenvalue weighted by Crippen LogP contribution is -2.45. The lowest BCUT2D eigenvalue weighted by atomic mass is 10.1. The summed E-state index contributed by atoms with van der Waals surface area (Å²) in [4.78, 5) is 21.7. The highest BCUT2D eigenvalue weighted by Crippen LogP contribution is 2.25. The van der Waals surface area contributed by atoms with E-state index in [1.54, 1.807) is 0 Å². The van der Waals surface area contributed by atoms with Gasteiger partial charge in [-0.25, -0.2) is 4.79 Å². The van der Waals surface area contributed by atoms with Crippen LogP contribution in [0, 0.1) is 0 Å². The number of hydrogen-bond acceptors (Lipinski definition) is 5. The van der Waals surface area contributed by atoms with Gasteiger partial charge in [-0.05, 0) is 30.2 Å². The molecule has 0 radical (unpaired) electrons. The summed E-state index contributed by atoms with van der Waals surface area (Å²) in [5.74, 6) is -0.821. The van der Waals surface area contributed by atoms with Crippen LogP contribution in [-0.2, 0) is 13.0 Å². The van der Waals surface area contributed by atoms with Gasteiger partial charge < -0.3 is 10.0 Å². The van der Waals surface area contributed by atoms with Crippen LogP contribution >= 0.6 is 11.3 Å². The summed E-state index contributed by atoms with van der Waals surface area (Å²) < 4.78 is 0. The van der Waals surface area contributed by atoms with Crippen molar-refractivity contribution >= 4 is 23.0 Å². The zero-order valence-electron chi connectivity index (χ0n) is 13.2. The maximum Gasteiger partial charge on any atom is 0.345 e. The van der Waals surface area contributed by atoms with E-state index in [1.807, 2.05) is 30.6 Å². The molecule has 0 atom stereocenters. The number of thiophene rings is 1. The number of aromatic carboxylic acids is 1. The predicted molar refractivity (Wildman–Crippen MR) is 92.4 cm³/mol. The van der Waals surface area contributed by atoms with Gasteiger partial charge in [0.25, 0.3) is 0 Å². The van der Waals surface area contributed by atoms with E-state index in [4.69, 9.17) is 5.11 Å². The Morgan fingerprint density at radius 3 is 2.57 bits per heavy atom. The summed E-state index contributed by atoms with van der Waals surface area (Å²) in [7, 11) is 0. The van der Waals surface area contributed by atoms with Crippen molar-refractivity contribution in [1.82, 2.24) is 9.88 Å². The van der Waals surface area contributed by atoms with E-state index in [9.17, 15) is 4.79 Å². The summed E-state index contributed by atoms with van der Waals surface area (Å²) in [6.07, 6.45) is 4.54. The largest absolute Gasteiger partial charge is 0.477 e. The molecule has 1 fully saturated rings. The molecule has 5 nitrogen and oxygen atoms in total. The third-order valence-corrected chi connectivity index (χ3v) is 5.41. The Labute approximate surface area is 140 Å². The molecular formula is C17H21N3O2S. The minimum absolute atomic E-state index is 0.451. The first-order valence-electron chi connectivity index (χ1n) is 7.89. The smallest absolute Gasteiger partial charge is 0.345 e. The maximum absolute atomic E-state index is 11.2. The second-order valence-corrected chi connectivity index (χ2v) is 6.82. The van der Waals surface area contributed by atoms with Gasteiger partial charge in [0.1, 0.15) is 4.88 Å².